The normalized spacial score (nSPS) is 22.6. The Hall–Kier alpha value is -1.08. The third-order valence-electron chi connectivity index (χ3n) is 3.00. The number of hydrogen-bond donors (Lipinski definition) is 0. The fourth-order valence-corrected chi connectivity index (χ4v) is 2.02. The average molecular weight is 224 g/mol. The fourth-order valence-electron chi connectivity index (χ4n) is 2.02. The Balaban J connectivity index is 2.64. The Labute approximate surface area is 97.2 Å². The van der Waals surface area contributed by atoms with Crippen LogP contribution in [-0.4, -0.2) is 36.6 Å². The molecular weight excluding hydrogens is 204 g/mol. The minimum absolute atomic E-state index is 0.0879. The van der Waals surface area contributed by atoms with Gasteiger partial charge in [-0.15, -0.1) is 0 Å². The molecule has 1 aliphatic heterocycles. The number of ether oxygens (including phenoxy) is 1. The van der Waals surface area contributed by atoms with Gasteiger partial charge in [0, 0.05) is 19.6 Å². The van der Waals surface area contributed by atoms with E-state index in [0.29, 0.717) is 32.1 Å². The van der Waals surface area contributed by atoms with E-state index in [4.69, 9.17) is 10.00 Å². The van der Waals surface area contributed by atoms with Gasteiger partial charge in [0.15, 0.2) is 0 Å². The third-order valence-corrected chi connectivity index (χ3v) is 3.00. The second kappa shape index (κ2) is 5.86. The summed E-state index contributed by atoms with van der Waals surface area (Å²) < 4.78 is 5.41. The Morgan fingerprint density at radius 3 is 2.75 bits per heavy atom. The molecule has 90 valence electrons. The molecule has 0 spiro atoms. The minimum Gasteiger partial charge on any atom is -0.380 e. The maximum absolute atomic E-state index is 11.8. The molecule has 1 fully saturated rings. The number of carbonyl (C=O) groups is 1. The van der Waals surface area contributed by atoms with Crippen molar-refractivity contribution in [3.63, 3.8) is 0 Å². The molecule has 4 nitrogen and oxygen atoms in total. The number of nitriles is 1. The lowest BCUT2D eigenvalue weighted by atomic mass is 10.0. The summed E-state index contributed by atoms with van der Waals surface area (Å²) in [6.45, 7) is 7.89. The van der Waals surface area contributed by atoms with Crippen LogP contribution < -0.4 is 0 Å². The van der Waals surface area contributed by atoms with Crippen LogP contribution in [0.4, 0.5) is 0 Å². The van der Waals surface area contributed by atoms with Gasteiger partial charge in [-0.05, 0) is 12.8 Å². The smallest absolute Gasteiger partial charge is 0.224 e. The van der Waals surface area contributed by atoms with Gasteiger partial charge in [-0.2, -0.15) is 5.26 Å². The van der Waals surface area contributed by atoms with Crippen LogP contribution in [-0.2, 0) is 9.53 Å². The molecule has 1 aliphatic rings. The zero-order valence-electron chi connectivity index (χ0n) is 10.3. The third kappa shape index (κ3) is 2.96. The lowest BCUT2D eigenvalue weighted by Crippen LogP contribution is -2.43. The number of nitrogens with zero attached hydrogens (tertiary/aromatic N) is 2. The summed E-state index contributed by atoms with van der Waals surface area (Å²) in [5, 5.41) is 8.84. The number of hydrogen-bond acceptors (Lipinski definition) is 3. The number of carbonyl (C=O) groups excluding carboxylic acids is 1. The lowest BCUT2D eigenvalue weighted by molar-refractivity contribution is -0.131. The maximum atomic E-state index is 11.8. The topological polar surface area (TPSA) is 53.3 Å². The molecule has 0 bridgehead atoms. The van der Waals surface area contributed by atoms with E-state index in [-0.39, 0.29) is 17.9 Å². The van der Waals surface area contributed by atoms with Crippen molar-refractivity contribution in [2.45, 2.75) is 33.2 Å². The Morgan fingerprint density at radius 1 is 1.62 bits per heavy atom. The summed E-state index contributed by atoms with van der Waals surface area (Å²) in [4.78, 5) is 13.6. The SMILES string of the molecule is CCOCC(C(C)C)N1CC(C#N)CC1=O. The van der Waals surface area contributed by atoms with Gasteiger partial charge < -0.3 is 9.64 Å². The molecule has 0 aromatic rings. The quantitative estimate of drug-likeness (QED) is 0.709. The van der Waals surface area contributed by atoms with E-state index in [9.17, 15) is 4.79 Å². The van der Waals surface area contributed by atoms with Crippen LogP contribution in [0, 0.1) is 23.2 Å². The molecule has 16 heavy (non-hydrogen) atoms. The van der Waals surface area contributed by atoms with Crippen molar-refractivity contribution in [1.82, 2.24) is 4.90 Å². The van der Waals surface area contributed by atoms with Gasteiger partial charge in [0.25, 0.3) is 0 Å². The van der Waals surface area contributed by atoms with Gasteiger partial charge >= 0.3 is 0 Å². The van der Waals surface area contributed by atoms with Gasteiger partial charge in [-0.3, -0.25) is 4.79 Å². The molecule has 0 aliphatic carbocycles. The van der Waals surface area contributed by atoms with E-state index >= 15 is 0 Å². The van der Waals surface area contributed by atoms with Crippen LogP contribution in [0.3, 0.4) is 0 Å². The Morgan fingerprint density at radius 2 is 2.31 bits per heavy atom. The van der Waals surface area contributed by atoms with Gasteiger partial charge in [-0.1, -0.05) is 13.8 Å². The first kappa shape index (κ1) is 13.0. The summed E-state index contributed by atoms with van der Waals surface area (Å²) in [6.07, 6.45) is 0.367. The zero-order chi connectivity index (χ0) is 12.1. The average Bonchev–Trinajstić information content (AvgIpc) is 2.60. The predicted octanol–water partition coefficient (Wildman–Crippen LogP) is 1.42. The van der Waals surface area contributed by atoms with Crippen molar-refractivity contribution in [2.24, 2.45) is 11.8 Å². The lowest BCUT2D eigenvalue weighted by Gasteiger charge is -2.30. The maximum Gasteiger partial charge on any atom is 0.224 e. The monoisotopic (exact) mass is 224 g/mol. The van der Waals surface area contributed by atoms with Crippen molar-refractivity contribution in [3.05, 3.63) is 0 Å². The van der Waals surface area contributed by atoms with Crippen molar-refractivity contribution in [2.75, 3.05) is 19.8 Å². The van der Waals surface area contributed by atoms with Crippen LogP contribution in [0.1, 0.15) is 27.2 Å². The van der Waals surface area contributed by atoms with Crippen molar-refractivity contribution in [1.29, 1.82) is 5.26 Å². The highest BCUT2D eigenvalue weighted by Crippen LogP contribution is 2.23. The highest BCUT2D eigenvalue weighted by Gasteiger charge is 2.35. The molecule has 1 rings (SSSR count). The summed E-state index contributed by atoms with van der Waals surface area (Å²) >= 11 is 0. The molecule has 4 heteroatoms. The fraction of sp³-hybridized carbons (Fsp3) is 0.833. The predicted molar refractivity (Wildman–Crippen MR) is 60.6 cm³/mol. The van der Waals surface area contributed by atoms with Crippen molar-refractivity contribution < 1.29 is 9.53 Å². The highest BCUT2D eigenvalue weighted by molar-refractivity contribution is 5.79. The standard InChI is InChI=1S/C12H20N2O2/c1-4-16-8-11(9(2)3)14-7-10(6-13)5-12(14)15/h9-11H,4-5,7-8H2,1-3H3. The van der Waals surface area contributed by atoms with Gasteiger partial charge in [0.05, 0.1) is 24.6 Å². The first-order valence-corrected chi connectivity index (χ1v) is 5.87. The molecule has 2 unspecified atom stereocenters. The van der Waals surface area contributed by atoms with Crippen LogP contribution in [0.5, 0.6) is 0 Å². The van der Waals surface area contributed by atoms with Crippen molar-refractivity contribution in [3.8, 4) is 6.07 Å². The number of amides is 1. The van der Waals surface area contributed by atoms with Crippen molar-refractivity contribution >= 4 is 5.91 Å². The zero-order valence-corrected chi connectivity index (χ0v) is 10.3. The summed E-state index contributed by atoms with van der Waals surface area (Å²) in [5.74, 6) is 0.299. The van der Waals surface area contributed by atoms with E-state index < -0.39 is 0 Å². The minimum atomic E-state index is -0.143. The molecule has 1 amide bonds. The Kier molecular flexibility index (Phi) is 4.75. The van der Waals surface area contributed by atoms with Crippen LogP contribution in [0.15, 0.2) is 0 Å². The van der Waals surface area contributed by atoms with Gasteiger partial charge in [0.1, 0.15) is 0 Å². The molecular formula is C12H20N2O2. The van der Waals surface area contributed by atoms with Gasteiger partial charge in [-0.25, -0.2) is 0 Å². The molecule has 1 heterocycles. The van der Waals surface area contributed by atoms with E-state index in [2.05, 4.69) is 19.9 Å². The molecule has 0 aromatic carbocycles. The van der Waals surface area contributed by atoms with Crippen LogP contribution in [0.2, 0.25) is 0 Å². The molecule has 0 N–H and O–H groups in total. The molecule has 0 saturated carbocycles. The Bertz CT molecular complexity index is 283. The van der Waals surface area contributed by atoms with E-state index in [1.807, 2.05) is 11.8 Å². The molecule has 2 atom stereocenters. The van der Waals surface area contributed by atoms with Gasteiger partial charge in [0.2, 0.25) is 5.91 Å². The van der Waals surface area contributed by atoms with Crippen LogP contribution in [0.25, 0.3) is 0 Å². The number of rotatable bonds is 5. The molecule has 0 aromatic heterocycles. The highest BCUT2D eigenvalue weighted by atomic mass is 16.5. The number of likely N-dealkylation sites (tertiary alicyclic amines) is 1. The van der Waals surface area contributed by atoms with E-state index in [1.165, 1.54) is 0 Å². The van der Waals surface area contributed by atoms with Crippen LogP contribution >= 0.6 is 0 Å². The molecule has 1 saturated heterocycles. The second-order valence-corrected chi connectivity index (χ2v) is 4.55. The summed E-state index contributed by atoms with van der Waals surface area (Å²) in [6, 6.07) is 2.27. The first-order valence-electron chi connectivity index (χ1n) is 5.87. The summed E-state index contributed by atoms with van der Waals surface area (Å²) in [5.41, 5.74) is 0. The largest absolute Gasteiger partial charge is 0.380 e. The second-order valence-electron chi connectivity index (χ2n) is 4.55. The van der Waals surface area contributed by atoms with E-state index in [1.54, 1.807) is 0 Å². The van der Waals surface area contributed by atoms with E-state index in [0.717, 1.165) is 0 Å². The summed E-state index contributed by atoms with van der Waals surface area (Å²) in [7, 11) is 0. The molecule has 0 radical (unpaired) electrons. The first-order chi connectivity index (χ1) is 7.60.